The Labute approximate surface area is 170 Å². The van der Waals surface area contributed by atoms with Crippen LogP contribution in [-0.4, -0.2) is 36.9 Å². The van der Waals surface area contributed by atoms with Crippen LogP contribution in [0.25, 0.3) is 0 Å². The maximum Gasteiger partial charge on any atom is 0.255 e. The van der Waals surface area contributed by atoms with Gasteiger partial charge in [-0.05, 0) is 60.4 Å². The summed E-state index contributed by atoms with van der Waals surface area (Å²) in [6.45, 7) is 1.14. The lowest BCUT2D eigenvalue weighted by Crippen LogP contribution is -2.34. The molecule has 0 unspecified atom stereocenters. The number of carbonyl (C=O) groups is 1. The lowest BCUT2D eigenvalue weighted by molar-refractivity contribution is 0.102. The van der Waals surface area contributed by atoms with Gasteiger partial charge >= 0.3 is 0 Å². The fourth-order valence-electron chi connectivity index (χ4n) is 3.53. The quantitative estimate of drug-likeness (QED) is 0.701. The van der Waals surface area contributed by atoms with Gasteiger partial charge in [0.05, 0.1) is 18.5 Å². The number of nitrogens with one attached hydrogen (secondary N) is 1. The van der Waals surface area contributed by atoms with Crippen LogP contribution in [0.1, 0.15) is 27.9 Å². The first-order chi connectivity index (χ1) is 13.9. The highest BCUT2D eigenvalue weighted by Crippen LogP contribution is 2.30. The summed E-state index contributed by atoms with van der Waals surface area (Å²) >= 11 is 0. The third kappa shape index (κ3) is 4.32. The standard InChI is InChI=1S/C21H22N4O3S/c1-29(27,28)25-13-2-4-17-14-18(7-10-20(17)25)21(26)23-19-8-5-16(6-9-19)15-24-12-3-11-22-24/h3,5-12,14H,2,4,13,15H2,1H3,(H,23,26). The SMILES string of the molecule is CS(=O)(=O)N1CCCc2cc(C(=O)Nc3ccc(Cn4cccn4)cc3)ccc21. The Morgan fingerprint density at radius 1 is 1.17 bits per heavy atom. The molecule has 1 N–H and O–H groups in total. The van der Waals surface area contributed by atoms with Gasteiger partial charge < -0.3 is 5.32 Å². The summed E-state index contributed by atoms with van der Waals surface area (Å²) in [5, 5.41) is 7.08. The number of aryl methyl sites for hydroxylation is 1. The molecule has 0 fully saturated rings. The lowest BCUT2D eigenvalue weighted by atomic mass is 10.0. The minimum atomic E-state index is -3.32. The topological polar surface area (TPSA) is 84.3 Å². The number of anilines is 2. The number of sulfonamides is 1. The third-order valence-electron chi connectivity index (χ3n) is 4.93. The molecule has 0 radical (unpaired) electrons. The van der Waals surface area contributed by atoms with Crippen molar-refractivity contribution in [3.63, 3.8) is 0 Å². The summed E-state index contributed by atoms with van der Waals surface area (Å²) in [5.41, 5.74) is 3.85. The van der Waals surface area contributed by atoms with Crippen molar-refractivity contribution in [2.45, 2.75) is 19.4 Å². The maximum atomic E-state index is 12.7. The Morgan fingerprint density at radius 3 is 2.66 bits per heavy atom. The van der Waals surface area contributed by atoms with Gasteiger partial charge in [0.2, 0.25) is 10.0 Å². The largest absolute Gasteiger partial charge is 0.322 e. The Kier molecular flexibility index (Phi) is 5.10. The summed E-state index contributed by atoms with van der Waals surface area (Å²) in [5.74, 6) is -0.218. The fourth-order valence-corrected chi connectivity index (χ4v) is 4.52. The molecule has 2 aromatic carbocycles. The lowest BCUT2D eigenvalue weighted by Gasteiger charge is -2.29. The molecule has 0 saturated heterocycles. The number of fused-ring (bicyclic) bond motifs is 1. The van der Waals surface area contributed by atoms with Crippen molar-refractivity contribution >= 4 is 27.3 Å². The minimum Gasteiger partial charge on any atom is -0.322 e. The highest BCUT2D eigenvalue weighted by molar-refractivity contribution is 7.92. The average molecular weight is 410 g/mol. The molecule has 0 atom stereocenters. The Morgan fingerprint density at radius 2 is 1.97 bits per heavy atom. The third-order valence-corrected chi connectivity index (χ3v) is 6.11. The van der Waals surface area contributed by atoms with E-state index in [1.807, 2.05) is 41.2 Å². The van der Waals surface area contributed by atoms with Crippen LogP contribution < -0.4 is 9.62 Å². The van der Waals surface area contributed by atoms with Crippen molar-refractivity contribution in [1.29, 1.82) is 0 Å². The van der Waals surface area contributed by atoms with E-state index >= 15 is 0 Å². The van der Waals surface area contributed by atoms with Crippen molar-refractivity contribution in [3.05, 3.63) is 77.6 Å². The monoisotopic (exact) mass is 410 g/mol. The molecule has 1 aromatic heterocycles. The van der Waals surface area contributed by atoms with E-state index in [0.717, 1.165) is 24.0 Å². The van der Waals surface area contributed by atoms with E-state index in [0.29, 0.717) is 30.0 Å². The summed E-state index contributed by atoms with van der Waals surface area (Å²) < 4.78 is 27.2. The second-order valence-electron chi connectivity index (χ2n) is 7.14. The smallest absolute Gasteiger partial charge is 0.255 e. The van der Waals surface area contributed by atoms with Gasteiger partial charge in [-0.2, -0.15) is 5.10 Å². The van der Waals surface area contributed by atoms with Gasteiger partial charge in [0.1, 0.15) is 0 Å². The van der Waals surface area contributed by atoms with Crippen LogP contribution in [0.2, 0.25) is 0 Å². The fraction of sp³-hybridized carbons (Fsp3) is 0.238. The molecule has 3 aromatic rings. The zero-order chi connectivity index (χ0) is 20.4. The number of amides is 1. The van der Waals surface area contributed by atoms with E-state index in [-0.39, 0.29) is 5.91 Å². The molecule has 8 heteroatoms. The van der Waals surface area contributed by atoms with Crippen LogP contribution in [0, 0.1) is 0 Å². The number of rotatable bonds is 5. The summed E-state index contributed by atoms with van der Waals surface area (Å²) in [7, 11) is -3.32. The zero-order valence-electron chi connectivity index (χ0n) is 16.1. The van der Waals surface area contributed by atoms with Crippen LogP contribution >= 0.6 is 0 Å². The van der Waals surface area contributed by atoms with Gasteiger partial charge in [0.15, 0.2) is 0 Å². The molecule has 0 spiro atoms. The van der Waals surface area contributed by atoms with E-state index in [1.54, 1.807) is 24.4 Å². The molecule has 150 valence electrons. The summed E-state index contributed by atoms with van der Waals surface area (Å²) in [6, 6.07) is 14.7. The van der Waals surface area contributed by atoms with Gasteiger partial charge in [-0.25, -0.2) is 8.42 Å². The maximum absolute atomic E-state index is 12.7. The van der Waals surface area contributed by atoms with Gasteiger partial charge in [-0.3, -0.25) is 13.8 Å². The second-order valence-corrected chi connectivity index (χ2v) is 9.04. The van der Waals surface area contributed by atoms with E-state index in [1.165, 1.54) is 10.6 Å². The number of hydrogen-bond donors (Lipinski definition) is 1. The normalized spacial score (nSPS) is 13.8. The van der Waals surface area contributed by atoms with Gasteiger partial charge in [0, 0.05) is 30.2 Å². The highest BCUT2D eigenvalue weighted by atomic mass is 32.2. The first kappa shape index (κ1) is 19.2. The Bertz CT molecular complexity index is 1120. The van der Waals surface area contributed by atoms with Crippen molar-refractivity contribution in [3.8, 4) is 0 Å². The molecular formula is C21H22N4O3S. The van der Waals surface area contributed by atoms with E-state index < -0.39 is 10.0 Å². The molecule has 29 heavy (non-hydrogen) atoms. The van der Waals surface area contributed by atoms with Crippen molar-refractivity contribution in [2.24, 2.45) is 0 Å². The molecule has 1 aliphatic rings. The Balaban J connectivity index is 1.47. The molecule has 4 rings (SSSR count). The van der Waals surface area contributed by atoms with Gasteiger partial charge in [-0.1, -0.05) is 12.1 Å². The van der Waals surface area contributed by atoms with E-state index in [2.05, 4.69) is 10.4 Å². The van der Waals surface area contributed by atoms with E-state index in [4.69, 9.17) is 0 Å². The zero-order valence-corrected chi connectivity index (χ0v) is 16.9. The number of hydrogen-bond acceptors (Lipinski definition) is 4. The predicted octanol–water partition coefficient (Wildman–Crippen LogP) is 2.90. The summed E-state index contributed by atoms with van der Waals surface area (Å²) in [6.07, 6.45) is 6.34. The Hall–Kier alpha value is -3.13. The summed E-state index contributed by atoms with van der Waals surface area (Å²) in [4.78, 5) is 12.7. The highest BCUT2D eigenvalue weighted by Gasteiger charge is 2.24. The number of carbonyl (C=O) groups excluding carboxylic acids is 1. The molecular weight excluding hydrogens is 388 g/mol. The molecule has 2 heterocycles. The molecule has 0 bridgehead atoms. The van der Waals surface area contributed by atoms with Crippen LogP contribution in [0.4, 0.5) is 11.4 Å². The van der Waals surface area contributed by atoms with Crippen LogP contribution in [0.3, 0.4) is 0 Å². The molecule has 7 nitrogen and oxygen atoms in total. The van der Waals surface area contributed by atoms with Gasteiger partial charge in [0.25, 0.3) is 5.91 Å². The van der Waals surface area contributed by atoms with Crippen molar-refractivity contribution in [2.75, 3.05) is 22.4 Å². The van der Waals surface area contributed by atoms with Crippen LogP contribution in [-0.2, 0) is 23.0 Å². The molecule has 1 aliphatic heterocycles. The second kappa shape index (κ2) is 7.71. The van der Waals surface area contributed by atoms with Gasteiger partial charge in [-0.15, -0.1) is 0 Å². The average Bonchev–Trinajstić information content (AvgIpc) is 3.21. The molecule has 0 aliphatic carbocycles. The first-order valence-electron chi connectivity index (χ1n) is 9.38. The van der Waals surface area contributed by atoms with Crippen LogP contribution in [0.5, 0.6) is 0 Å². The first-order valence-corrected chi connectivity index (χ1v) is 11.2. The van der Waals surface area contributed by atoms with Crippen molar-refractivity contribution in [1.82, 2.24) is 9.78 Å². The molecule has 1 amide bonds. The van der Waals surface area contributed by atoms with E-state index in [9.17, 15) is 13.2 Å². The van der Waals surface area contributed by atoms with Crippen LogP contribution in [0.15, 0.2) is 60.9 Å². The van der Waals surface area contributed by atoms with Crippen molar-refractivity contribution < 1.29 is 13.2 Å². The number of aromatic nitrogens is 2. The minimum absolute atomic E-state index is 0.218. The number of benzene rings is 2. The molecule has 0 saturated carbocycles. The predicted molar refractivity (Wildman–Crippen MR) is 113 cm³/mol. The number of nitrogens with zero attached hydrogens (tertiary/aromatic N) is 3.